The number of benzene rings is 1. The average molecular weight is 583 g/mol. The van der Waals surface area contributed by atoms with Crippen molar-refractivity contribution >= 4 is 34.3 Å². The molecule has 11 nitrogen and oxygen atoms in total. The third-order valence-corrected chi connectivity index (χ3v) is 6.85. The number of nitrogens with zero attached hydrogens (tertiary/aromatic N) is 7. The first kappa shape index (κ1) is 28.8. The number of amides is 1. The van der Waals surface area contributed by atoms with Crippen molar-refractivity contribution in [3.05, 3.63) is 77.4 Å². The van der Waals surface area contributed by atoms with Crippen molar-refractivity contribution in [1.29, 1.82) is 0 Å². The van der Waals surface area contributed by atoms with Crippen LogP contribution in [0, 0.1) is 0 Å². The van der Waals surface area contributed by atoms with Crippen molar-refractivity contribution in [2.75, 3.05) is 36.4 Å². The molecule has 0 aliphatic carbocycles. The van der Waals surface area contributed by atoms with Crippen LogP contribution >= 0.6 is 0 Å². The highest BCUT2D eigenvalue weighted by Crippen LogP contribution is 2.25. The van der Waals surface area contributed by atoms with E-state index in [1.54, 1.807) is 54.9 Å². The number of hydrogen-bond donors (Lipinski definition) is 2. The van der Waals surface area contributed by atoms with Gasteiger partial charge in [0.15, 0.2) is 11.5 Å². The van der Waals surface area contributed by atoms with Crippen LogP contribution in [0.4, 0.5) is 30.5 Å². The van der Waals surface area contributed by atoms with Gasteiger partial charge in [-0.3, -0.25) is 9.59 Å². The number of pyridine rings is 1. The standard InChI is InChI=1S/C28H29F3N8O3/c1-4-12-38-24(40)20-17-32-26(35-23(20)39(38)22-7-5-6-21(34-22)27(2,3)42)33-18-8-10-19(11-9-18)36-13-15-37(16-14-36)25(41)28(29,30)31/h4-11,17,42H,1,12-16H2,2-3H3,(H,32,33,35). The summed E-state index contributed by atoms with van der Waals surface area (Å²) in [6.45, 7) is 7.68. The van der Waals surface area contributed by atoms with Gasteiger partial charge < -0.3 is 20.2 Å². The Balaban J connectivity index is 1.39. The lowest BCUT2D eigenvalue weighted by Gasteiger charge is -2.36. The second kappa shape index (κ2) is 10.9. The number of rotatable bonds is 7. The van der Waals surface area contributed by atoms with Crippen LogP contribution in [0.5, 0.6) is 0 Å². The van der Waals surface area contributed by atoms with Crippen LogP contribution < -0.4 is 15.8 Å². The van der Waals surface area contributed by atoms with E-state index in [0.29, 0.717) is 22.8 Å². The van der Waals surface area contributed by atoms with E-state index in [-0.39, 0.29) is 49.6 Å². The number of aliphatic hydroxyl groups is 1. The molecule has 14 heteroatoms. The Bertz CT molecular complexity index is 1680. The highest BCUT2D eigenvalue weighted by atomic mass is 19.4. The Hall–Kier alpha value is -4.72. The molecule has 3 aromatic heterocycles. The summed E-state index contributed by atoms with van der Waals surface area (Å²) in [6.07, 6.45) is -1.86. The van der Waals surface area contributed by atoms with E-state index < -0.39 is 17.7 Å². The maximum absolute atomic E-state index is 13.2. The molecule has 0 saturated carbocycles. The Morgan fingerprint density at radius 2 is 1.76 bits per heavy atom. The van der Waals surface area contributed by atoms with Gasteiger partial charge in [-0.05, 0) is 50.2 Å². The topological polar surface area (TPSA) is 121 Å². The minimum atomic E-state index is -4.87. The minimum Gasteiger partial charge on any atom is -0.384 e. The molecule has 5 rings (SSSR count). The lowest BCUT2D eigenvalue weighted by atomic mass is 10.1. The normalized spacial score (nSPS) is 14.3. The summed E-state index contributed by atoms with van der Waals surface area (Å²) in [6, 6.07) is 12.3. The van der Waals surface area contributed by atoms with E-state index in [4.69, 9.17) is 0 Å². The molecule has 42 heavy (non-hydrogen) atoms. The second-order valence-electron chi connectivity index (χ2n) is 10.3. The van der Waals surface area contributed by atoms with Gasteiger partial charge in [0.2, 0.25) is 5.95 Å². The lowest BCUT2D eigenvalue weighted by molar-refractivity contribution is -0.185. The van der Waals surface area contributed by atoms with Crippen LogP contribution in [-0.2, 0) is 16.9 Å². The van der Waals surface area contributed by atoms with Gasteiger partial charge in [-0.2, -0.15) is 18.2 Å². The SMILES string of the molecule is C=CCn1c(=O)c2cnc(Nc3ccc(N4CCN(C(=O)C(F)(F)F)CC4)cc3)nc2n1-c1cccc(C(C)(C)O)n1. The molecule has 0 spiro atoms. The summed E-state index contributed by atoms with van der Waals surface area (Å²) >= 11 is 0. The molecule has 4 heterocycles. The van der Waals surface area contributed by atoms with Gasteiger partial charge in [-0.25, -0.2) is 19.3 Å². The van der Waals surface area contributed by atoms with Crippen molar-refractivity contribution in [2.24, 2.45) is 0 Å². The highest BCUT2D eigenvalue weighted by Gasteiger charge is 2.43. The van der Waals surface area contributed by atoms with E-state index in [9.17, 15) is 27.9 Å². The number of hydrogen-bond acceptors (Lipinski definition) is 8. The summed E-state index contributed by atoms with van der Waals surface area (Å²) in [5.74, 6) is -1.21. The predicted octanol–water partition coefficient (Wildman–Crippen LogP) is 3.35. The van der Waals surface area contributed by atoms with Crippen LogP contribution in [0.3, 0.4) is 0 Å². The van der Waals surface area contributed by atoms with E-state index >= 15 is 0 Å². The fourth-order valence-corrected chi connectivity index (χ4v) is 4.72. The molecule has 1 aromatic carbocycles. The number of piperazine rings is 1. The number of nitrogens with one attached hydrogen (secondary N) is 1. The first-order valence-electron chi connectivity index (χ1n) is 13.1. The summed E-state index contributed by atoms with van der Waals surface area (Å²) in [5.41, 5.74) is 0.635. The quantitative estimate of drug-likeness (QED) is 0.319. The maximum atomic E-state index is 13.2. The largest absolute Gasteiger partial charge is 0.471 e. The van der Waals surface area contributed by atoms with Gasteiger partial charge in [0, 0.05) is 43.8 Å². The molecule has 220 valence electrons. The fraction of sp³-hybridized carbons (Fsp3) is 0.321. The molecular formula is C28H29F3N8O3. The molecule has 1 aliphatic heterocycles. The predicted molar refractivity (Wildman–Crippen MR) is 151 cm³/mol. The van der Waals surface area contributed by atoms with Gasteiger partial charge in [-0.15, -0.1) is 6.58 Å². The molecular weight excluding hydrogens is 553 g/mol. The van der Waals surface area contributed by atoms with Crippen molar-refractivity contribution in [3.63, 3.8) is 0 Å². The number of fused-ring (bicyclic) bond motifs is 1. The van der Waals surface area contributed by atoms with Crippen molar-refractivity contribution in [3.8, 4) is 5.82 Å². The molecule has 1 amide bonds. The molecule has 0 radical (unpaired) electrons. The zero-order chi connectivity index (χ0) is 30.2. The third-order valence-electron chi connectivity index (χ3n) is 6.85. The molecule has 1 saturated heterocycles. The fourth-order valence-electron chi connectivity index (χ4n) is 4.72. The van der Waals surface area contributed by atoms with E-state index in [1.165, 1.54) is 10.9 Å². The number of carbonyl (C=O) groups is 1. The number of alkyl halides is 3. The van der Waals surface area contributed by atoms with Gasteiger partial charge in [-0.1, -0.05) is 12.1 Å². The maximum Gasteiger partial charge on any atom is 0.471 e. The number of allylic oxidation sites excluding steroid dienone is 1. The zero-order valence-electron chi connectivity index (χ0n) is 23.0. The summed E-state index contributed by atoms with van der Waals surface area (Å²) in [7, 11) is 0. The molecule has 2 N–H and O–H groups in total. The molecule has 0 atom stereocenters. The van der Waals surface area contributed by atoms with Crippen LogP contribution in [-0.4, -0.2) is 72.6 Å². The Kier molecular flexibility index (Phi) is 7.49. The molecule has 0 unspecified atom stereocenters. The van der Waals surface area contributed by atoms with Crippen molar-refractivity contribution in [1.82, 2.24) is 29.2 Å². The second-order valence-corrected chi connectivity index (χ2v) is 10.3. The molecule has 1 aliphatic rings. The Labute approximate surface area is 238 Å². The van der Waals surface area contributed by atoms with Crippen molar-refractivity contribution < 1.29 is 23.1 Å². The highest BCUT2D eigenvalue weighted by molar-refractivity contribution is 5.82. The Morgan fingerprint density at radius 1 is 1.07 bits per heavy atom. The smallest absolute Gasteiger partial charge is 0.384 e. The molecule has 1 fully saturated rings. The number of anilines is 3. The summed E-state index contributed by atoms with van der Waals surface area (Å²) < 4.78 is 41.2. The first-order valence-corrected chi connectivity index (χ1v) is 13.1. The van der Waals surface area contributed by atoms with Crippen LogP contribution in [0.15, 0.2) is 66.1 Å². The summed E-state index contributed by atoms with van der Waals surface area (Å²) in [4.78, 5) is 40.9. The van der Waals surface area contributed by atoms with Crippen LogP contribution in [0.2, 0.25) is 0 Å². The van der Waals surface area contributed by atoms with Crippen LogP contribution in [0.25, 0.3) is 16.9 Å². The monoisotopic (exact) mass is 582 g/mol. The lowest BCUT2D eigenvalue weighted by Crippen LogP contribution is -2.52. The van der Waals surface area contributed by atoms with Gasteiger partial charge in [0.25, 0.3) is 5.56 Å². The first-order chi connectivity index (χ1) is 19.9. The van der Waals surface area contributed by atoms with E-state index in [2.05, 4.69) is 26.8 Å². The minimum absolute atomic E-state index is 0.0209. The van der Waals surface area contributed by atoms with E-state index in [0.717, 1.165) is 10.6 Å². The van der Waals surface area contributed by atoms with Gasteiger partial charge in [0.05, 0.1) is 12.2 Å². The third kappa shape index (κ3) is 5.70. The zero-order valence-corrected chi connectivity index (χ0v) is 23.0. The van der Waals surface area contributed by atoms with E-state index in [1.807, 2.05) is 17.0 Å². The number of halogens is 3. The number of aromatic nitrogens is 5. The Morgan fingerprint density at radius 3 is 2.38 bits per heavy atom. The van der Waals surface area contributed by atoms with Crippen LogP contribution in [0.1, 0.15) is 19.5 Å². The van der Waals surface area contributed by atoms with Crippen molar-refractivity contribution in [2.45, 2.75) is 32.2 Å². The molecule has 0 bridgehead atoms. The van der Waals surface area contributed by atoms with Gasteiger partial charge in [0.1, 0.15) is 11.0 Å². The average Bonchev–Trinajstić information content (AvgIpc) is 3.23. The summed E-state index contributed by atoms with van der Waals surface area (Å²) in [5, 5.41) is 13.9. The van der Waals surface area contributed by atoms with Gasteiger partial charge >= 0.3 is 12.1 Å². The number of carbonyl (C=O) groups excluding carboxylic acids is 1. The molecule has 4 aromatic rings.